The molecule has 0 spiro atoms. The quantitative estimate of drug-likeness (QED) is 0.891. The monoisotopic (exact) mass is 314 g/mol. The summed E-state index contributed by atoms with van der Waals surface area (Å²) in [6.45, 7) is 1.65. The number of anilines is 1. The number of carbonyl (C=O) groups is 1. The molecule has 7 nitrogen and oxygen atoms in total. The van der Waals surface area contributed by atoms with E-state index in [0.717, 1.165) is 6.26 Å². The van der Waals surface area contributed by atoms with Gasteiger partial charge in [0.25, 0.3) is 5.91 Å². The zero-order valence-electron chi connectivity index (χ0n) is 10.6. The molecule has 0 atom stereocenters. The normalized spacial score (nSPS) is 11.3. The standard InChI is InChI=1S/C11H11ClN4O3S/c1-6-13-10(16-15-6)11(17)14-9-5-7(20(2,18)19)3-4-8(9)12/h3-5H,1-2H3,(H,14,17)(H,13,15,16). The Bertz CT molecular complexity index is 770. The highest BCUT2D eigenvalue weighted by atomic mass is 35.5. The SMILES string of the molecule is Cc1nc(C(=O)Nc2cc(S(C)(=O)=O)ccc2Cl)n[nH]1. The first-order valence-corrected chi connectivity index (χ1v) is 7.74. The Balaban J connectivity index is 2.31. The fourth-order valence-electron chi connectivity index (χ4n) is 1.45. The summed E-state index contributed by atoms with van der Waals surface area (Å²) in [5.74, 6) is -0.142. The number of sulfone groups is 1. The highest BCUT2D eigenvalue weighted by Gasteiger charge is 2.15. The van der Waals surface area contributed by atoms with Crippen molar-refractivity contribution in [3.63, 3.8) is 0 Å². The second-order valence-electron chi connectivity index (χ2n) is 4.11. The van der Waals surface area contributed by atoms with Crippen molar-refractivity contribution in [2.45, 2.75) is 11.8 Å². The molecule has 0 saturated carbocycles. The molecule has 2 N–H and O–H groups in total. The smallest absolute Gasteiger partial charge is 0.295 e. The maximum absolute atomic E-state index is 11.9. The van der Waals surface area contributed by atoms with E-state index in [-0.39, 0.29) is 21.4 Å². The van der Waals surface area contributed by atoms with Gasteiger partial charge in [-0.05, 0) is 25.1 Å². The van der Waals surface area contributed by atoms with E-state index in [1.165, 1.54) is 18.2 Å². The van der Waals surface area contributed by atoms with Gasteiger partial charge >= 0.3 is 0 Å². The van der Waals surface area contributed by atoms with Gasteiger partial charge in [0.05, 0.1) is 15.6 Å². The third-order valence-electron chi connectivity index (χ3n) is 2.41. The summed E-state index contributed by atoms with van der Waals surface area (Å²) in [5.41, 5.74) is 0.182. The average molecular weight is 315 g/mol. The third kappa shape index (κ3) is 3.14. The van der Waals surface area contributed by atoms with Gasteiger partial charge in [-0.15, -0.1) is 5.10 Å². The fourth-order valence-corrected chi connectivity index (χ4v) is 2.27. The number of carbonyl (C=O) groups excluding carboxylic acids is 1. The summed E-state index contributed by atoms with van der Waals surface area (Å²) in [5, 5.41) is 8.93. The molecule has 1 amide bonds. The number of aromatic amines is 1. The molecule has 1 aromatic carbocycles. The van der Waals surface area contributed by atoms with E-state index in [2.05, 4.69) is 20.5 Å². The number of nitrogens with zero attached hydrogens (tertiary/aromatic N) is 2. The fraction of sp³-hybridized carbons (Fsp3) is 0.182. The Morgan fingerprint density at radius 2 is 2.10 bits per heavy atom. The molecule has 2 rings (SSSR count). The van der Waals surface area contributed by atoms with Crippen LogP contribution in [-0.2, 0) is 9.84 Å². The van der Waals surface area contributed by atoms with Crippen LogP contribution in [0.5, 0.6) is 0 Å². The number of rotatable bonds is 3. The molecule has 1 heterocycles. The first-order chi connectivity index (χ1) is 9.27. The van der Waals surface area contributed by atoms with Crippen molar-refractivity contribution in [1.29, 1.82) is 0 Å². The zero-order valence-corrected chi connectivity index (χ0v) is 12.2. The molecular weight excluding hydrogens is 304 g/mol. The van der Waals surface area contributed by atoms with Gasteiger partial charge in [-0.25, -0.2) is 13.4 Å². The van der Waals surface area contributed by atoms with Crippen molar-refractivity contribution in [3.8, 4) is 0 Å². The molecule has 0 aliphatic heterocycles. The molecule has 0 aliphatic carbocycles. The number of aryl methyl sites for hydroxylation is 1. The van der Waals surface area contributed by atoms with Crippen molar-refractivity contribution < 1.29 is 13.2 Å². The van der Waals surface area contributed by atoms with Crippen LogP contribution < -0.4 is 5.32 Å². The number of amides is 1. The molecule has 0 unspecified atom stereocenters. The van der Waals surface area contributed by atoms with Crippen LogP contribution in [0.15, 0.2) is 23.1 Å². The molecule has 9 heteroatoms. The van der Waals surface area contributed by atoms with E-state index in [1.54, 1.807) is 6.92 Å². The van der Waals surface area contributed by atoms with Crippen LogP contribution in [-0.4, -0.2) is 35.8 Å². The van der Waals surface area contributed by atoms with Crippen LogP contribution in [0.2, 0.25) is 5.02 Å². The van der Waals surface area contributed by atoms with Gasteiger partial charge < -0.3 is 5.32 Å². The number of hydrogen-bond acceptors (Lipinski definition) is 5. The predicted molar refractivity (Wildman–Crippen MR) is 73.6 cm³/mol. The Kier molecular flexibility index (Phi) is 3.78. The Morgan fingerprint density at radius 3 is 2.65 bits per heavy atom. The number of H-pyrrole nitrogens is 1. The van der Waals surface area contributed by atoms with Crippen LogP contribution in [0.4, 0.5) is 5.69 Å². The lowest BCUT2D eigenvalue weighted by Gasteiger charge is -2.07. The summed E-state index contributed by atoms with van der Waals surface area (Å²) in [6, 6.07) is 4.05. The highest BCUT2D eigenvalue weighted by Crippen LogP contribution is 2.25. The molecule has 106 valence electrons. The second-order valence-corrected chi connectivity index (χ2v) is 6.54. The molecule has 0 radical (unpaired) electrons. The first-order valence-electron chi connectivity index (χ1n) is 5.47. The second kappa shape index (κ2) is 5.22. The van der Waals surface area contributed by atoms with Gasteiger partial charge in [0, 0.05) is 6.26 Å². The van der Waals surface area contributed by atoms with E-state index in [4.69, 9.17) is 11.6 Å². The molecule has 2 aromatic rings. The lowest BCUT2D eigenvalue weighted by molar-refractivity contribution is 0.101. The van der Waals surface area contributed by atoms with Crippen molar-refractivity contribution in [1.82, 2.24) is 15.2 Å². The van der Waals surface area contributed by atoms with Crippen LogP contribution in [0.25, 0.3) is 0 Å². The molecular formula is C11H11ClN4O3S. The molecule has 0 saturated heterocycles. The molecule has 20 heavy (non-hydrogen) atoms. The van der Waals surface area contributed by atoms with Gasteiger partial charge in [0.15, 0.2) is 9.84 Å². The Morgan fingerprint density at radius 1 is 1.40 bits per heavy atom. The van der Waals surface area contributed by atoms with Gasteiger partial charge in [-0.3, -0.25) is 9.89 Å². The van der Waals surface area contributed by atoms with Gasteiger partial charge in [0.2, 0.25) is 5.82 Å². The van der Waals surface area contributed by atoms with Crippen LogP contribution >= 0.6 is 11.6 Å². The number of aromatic nitrogens is 3. The van der Waals surface area contributed by atoms with E-state index in [1.807, 2.05) is 0 Å². The van der Waals surface area contributed by atoms with Crippen molar-refractivity contribution in [3.05, 3.63) is 34.9 Å². The van der Waals surface area contributed by atoms with E-state index in [9.17, 15) is 13.2 Å². The van der Waals surface area contributed by atoms with Crippen molar-refractivity contribution in [2.75, 3.05) is 11.6 Å². The predicted octanol–water partition coefficient (Wildman–Crippen LogP) is 1.42. The third-order valence-corrected chi connectivity index (χ3v) is 3.85. The lowest BCUT2D eigenvalue weighted by Crippen LogP contribution is -2.14. The molecule has 0 aliphatic rings. The Hall–Kier alpha value is -1.93. The Labute approximate surface area is 120 Å². The summed E-state index contributed by atoms with van der Waals surface area (Å²) in [4.78, 5) is 15.8. The minimum absolute atomic E-state index is 0.0525. The number of benzene rings is 1. The zero-order chi connectivity index (χ0) is 14.9. The van der Waals surface area contributed by atoms with Gasteiger partial charge in [0.1, 0.15) is 5.82 Å². The minimum atomic E-state index is -3.39. The van der Waals surface area contributed by atoms with Crippen molar-refractivity contribution in [2.24, 2.45) is 0 Å². The maximum atomic E-state index is 11.9. The summed E-state index contributed by atoms with van der Waals surface area (Å²) in [6.07, 6.45) is 1.07. The van der Waals surface area contributed by atoms with Gasteiger partial charge in [-0.2, -0.15) is 0 Å². The molecule has 0 fully saturated rings. The number of hydrogen-bond donors (Lipinski definition) is 2. The van der Waals surface area contributed by atoms with Gasteiger partial charge in [-0.1, -0.05) is 11.6 Å². The largest absolute Gasteiger partial charge is 0.318 e. The van der Waals surface area contributed by atoms with Crippen molar-refractivity contribution >= 4 is 33.0 Å². The molecule has 1 aromatic heterocycles. The topological polar surface area (TPSA) is 105 Å². The number of nitrogens with one attached hydrogen (secondary N) is 2. The van der Waals surface area contributed by atoms with Crippen LogP contribution in [0.3, 0.4) is 0 Å². The minimum Gasteiger partial charge on any atom is -0.318 e. The highest BCUT2D eigenvalue weighted by molar-refractivity contribution is 7.90. The molecule has 0 bridgehead atoms. The number of halogens is 1. The van der Waals surface area contributed by atoms with Crippen LogP contribution in [0.1, 0.15) is 16.4 Å². The van der Waals surface area contributed by atoms with E-state index < -0.39 is 15.7 Å². The average Bonchev–Trinajstić information content (AvgIpc) is 2.77. The maximum Gasteiger partial charge on any atom is 0.295 e. The lowest BCUT2D eigenvalue weighted by atomic mass is 10.3. The van der Waals surface area contributed by atoms with Crippen LogP contribution in [0, 0.1) is 6.92 Å². The summed E-state index contributed by atoms with van der Waals surface area (Å²) in [7, 11) is -3.39. The summed E-state index contributed by atoms with van der Waals surface area (Å²) < 4.78 is 22.9. The summed E-state index contributed by atoms with van der Waals surface area (Å²) >= 11 is 5.92. The van der Waals surface area contributed by atoms with E-state index >= 15 is 0 Å². The van der Waals surface area contributed by atoms with E-state index in [0.29, 0.717) is 5.82 Å². The first kappa shape index (κ1) is 14.5.